The van der Waals surface area contributed by atoms with Crippen LogP contribution in [0.3, 0.4) is 0 Å². The molecule has 0 aromatic heterocycles. The fourth-order valence-electron chi connectivity index (χ4n) is 3.98. The van der Waals surface area contributed by atoms with E-state index in [1.807, 2.05) is 18.2 Å². The largest absolute Gasteiger partial charge is 0.335 e. The molecule has 6 heteroatoms. The van der Waals surface area contributed by atoms with Crippen LogP contribution in [-0.4, -0.2) is 29.9 Å². The number of rotatable bonds is 4. The molecule has 0 radical (unpaired) electrons. The normalized spacial score (nSPS) is 24.3. The van der Waals surface area contributed by atoms with Crippen molar-refractivity contribution in [2.45, 2.75) is 44.7 Å². The maximum Gasteiger partial charge on any atom is 0.226 e. The number of nitrogens with one attached hydrogen (secondary N) is 1. The fourth-order valence-corrected chi connectivity index (χ4v) is 4.30. The van der Waals surface area contributed by atoms with E-state index >= 15 is 0 Å². The van der Waals surface area contributed by atoms with Crippen LogP contribution >= 0.6 is 35.6 Å². The SMILES string of the molecule is Cl.O=C(C1CC12CCNCC2)N(Cc1ccc(Cl)c(Cl)c1)C1CC1. The Morgan fingerprint density at radius 1 is 1.21 bits per heavy atom. The minimum absolute atomic E-state index is 0. The van der Waals surface area contributed by atoms with Crippen molar-refractivity contribution in [1.29, 1.82) is 0 Å². The van der Waals surface area contributed by atoms with Crippen molar-refractivity contribution in [3.8, 4) is 0 Å². The minimum Gasteiger partial charge on any atom is -0.335 e. The molecular formula is C18H23Cl3N2O. The van der Waals surface area contributed by atoms with Crippen LogP contribution in [0, 0.1) is 11.3 Å². The zero-order valence-corrected chi connectivity index (χ0v) is 15.9. The topological polar surface area (TPSA) is 32.3 Å². The van der Waals surface area contributed by atoms with Crippen molar-refractivity contribution in [1.82, 2.24) is 10.2 Å². The molecule has 2 saturated carbocycles. The lowest BCUT2D eigenvalue weighted by atomic mass is 9.91. The number of nitrogens with zero attached hydrogens (tertiary/aromatic N) is 1. The van der Waals surface area contributed by atoms with Crippen molar-refractivity contribution >= 4 is 41.5 Å². The molecule has 132 valence electrons. The fraction of sp³-hybridized carbons (Fsp3) is 0.611. The quantitative estimate of drug-likeness (QED) is 0.833. The molecule has 0 bridgehead atoms. The van der Waals surface area contributed by atoms with E-state index in [2.05, 4.69) is 10.2 Å². The molecule has 1 atom stereocenters. The first-order chi connectivity index (χ1) is 11.1. The Kier molecular flexibility index (Phi) is 5.36. The summed E-state index contributed by atoms with van der Waals surface area (Å²) in [4.78, 5) is 15.2. The van der Waals surface area contributed by atoms with Crippen LogP contribution in [0.5, 0.6) is 0 Å². The summed E-state index contributed by atoms with van der Waals surface area (Å²) in [5.74, 6) is 0.605. The molecular weight excluding hydrogens is 367 g/mol. The van der Waals surface area contributed by atoms with Gasteiger partial charge in [0.25, 0.3) is 0 Å². The summed E-state index contributed by atoms with van der Waals surface area (Å²) < 4.78 is 0. The number of piperidine rings is 1. The van der Waals surface area contributed by atoms with Gasteiger partial charge in [0.2, 0.25) is 5.91 Å². The Bertz CT molecular complexity index is 627. The van der Waals surface area contributed by atoms with E-state index in [0.717, 1.165) is 50.8 Å². The standard InChI is InChI=1S/C18H22Cl2N2O.ClH/c19-15-4-1-12(9-16(15)20)11-22(13-2-3-13)17(23)14-10-18(14)5-7-21-8-6-18;/h1,4,9,13-14,21H,2-3,5-8,10-11H2;1H. The number of carbonyl (C=O) groups excluding carboxylic acids is 1. The molecule has 4 rings (SSSR count). The van der Waals surface area contributed by atoms with Crippen LogP contribution in [0.4, 0.5) is 0 Å². The van der Waals surface area contributed by atoms with E-state index in [0.29, 0.717) is 34.0 Å². The van der Waals surface area contributed by atoms with E-state index in [4.69, 9.17) is 23.2 Å². The first-order valence-electron chi connectivity index (χ1n) is 8.54. The lowest BCUT2D eigenvalue weighted by molar-refractivity contribution is -0.134. The number of halogens is 3. The Labute approximate surface area is 159 Å². The van der Waals surface area contributed by atoms with Crippen LogP contribution in [0.25, 0.3) is 0 Å². The van der Waals surface area contributed by atoms with Crippen LogP contribution < -0.4 is 5.32 Å². The molecule has 1 spiro atoms. The van der Waals surface area contributed by atoms with Gasteiger partial charge in [0.05, 0.1) is 10.0 Å². The smallest absolute Gasteiger partial charge is 0.226 e. The van der Waals surface area contributed by atoms with Gasteiger partial charge in [-0.25, -0.2) is 0 Å². The first-order valence-corrected chi connectivity index (χ1v) is 9.30. The lowest BCUT2D eigenvalue weighted by Gasteiger charge is -2.27. The molecule has 1 heterocycles. The van der Waals surface area contributed by atoms with Crippen molar-refractivity contribution in [3.63, 3.8) is 0 Å². The van der Waals surface area contributed by atoms with E-state index < -0.39 is 0 Å². The van der Waals surface area contributed by atoms with Crippen molar-refractivity contribution in [2.24, 2.45) is 11.3 Å². The Morgan fingerprint density at radius 3 is 2.54 bits per heavy atom. The third kappa shape index (κ3) is 3.55. The van der Waals surface area contributed by atoms with Crippen LogP contribution in [-0.2, 0) is 11.3 Å². The average molecular weight is 390 g/mol. The average Bonchev–Trinajstić information content (AvgIpc) is 3.46. The second-order valence-corrected chi connectivity index (χ2v) is 8.13. The number of benzene rings is 1. The van der Waals surface area contributed by atoms with Crippen LogP contribution in [0.15, 0.2) is 18.2 Å². The van der Waals surface area contributed by atoms with Crippen LogP contribution in [0.1, 0.15) is 37.7 Å². The van der Waals surface area contributed by atoms with Gasteiger partial charge >= 0.3 is 0 Å². The van der Waals surface area contributed by atoms with Crippen LogP contribution in [0.2, 0.25) is 10.0 Å². The van der Waals surface area contributed by atoms with Gasteiger partial charge in [0, 0.05) is 18.5 Å². The van der Waals surface area contributed by atoms with E-state index in [-0.39, 0.29) is 18.3 Å². The maximum atomic E-state index is 13.1. The van der Waals surface area contributed by atoms with Gasteiger partial charge in [0.1, 0.15) is 0 Å². The third-order valence-electron chi connectivity index (χ3n) is 5.69. The first kappa shape index (κ1) is 18.3. The predicted octanol–water partition coefficient (Wildman–Crippen LogP) is 4.30. The molecule has 1 unspecified atom stereocenters. The molecule has 1 aliphatic heterocycles. The summed E-state index contributed by atoms with van der Waals surface area (Å²) in [5, 5.41) is 4.53. The van der Waals surface area contributed by atoms with Crippen molar-refractivity contribution in [3.05, 3.63) is 33.8 Å². The minimum atomic E-state index is 0. The molecule has 1 N–H and O–H groups in total. The molecule has 3 aliphatic rings. The zero-order valence-electron chi connectivity index (χ0n) is 13.6. The highest BCUT2D eigenvalue weighted by atomic mass is 35.5. The second kappa shape index (κ2) is 7.03. The van der Waals surface area contributed by atoms with Gasteiger partial charge in [-0.3, -0.25) is 4.79 Å². The second-order valence-electron chi connectivity index (χ2n) is 7.31. The Morgan fingerprint density at radius 2 is 1.92 bits per heavy atom. The van der Waals surface area contributed by atoms with Gasteiger partial charge in [0.15, 0.2) is 0 Å². The lowest BCUT2D eigenvalue weighted by Crippen LogP contribution is -2.37. The summed E-state index contributed by atoms with van der Waals surface area (Å²) in [6, 6.07) is 6.11. The van der Waals surface area contributed by atoms with Gasteiger partial charge in [-0.1, -0.05) is 29.3 Å². The molecule has 1 aromatic rings. The molecule has 3 nitrogen and oxygen atoms in total. The summed E-state index contributed by atoms with van der Waals surface area (Å²) in [7, 11) is 0. The summed E-state index contributed by atoms with van der Waals surface area (Å²) in [5.41, 5.74) is 1.37. The molecule has 1 aromatic carbocycles. The zero-order chi connectivity index (χ0) is 16.0. The van der Waals surface area contributed by atoms with Gasteiger partial charge in [-0.05, 0) is 68.3 Å². The monoisotopic (exact) mass is 388 g/mol. The van der Waals surface area contributed by atoms with Crippen molar-refractivity contribution in [2.75, 3.05) is 13.1 Å². The van der Waals surface area contributed by atoms with Gasteiger partial charge in [-0.15, -0.1) is 12.4 Å². The highest BCUT2D eigenvalue weighted by Crippen LogP contribution is 2.59. The molecule has 24 heavy (non-hydrogen) atoms. The predicted molar refractivity (Wildman–Crippen MR) is 99.9 cm³/mol. The van der Waals surface area contributed by atoms with Gasteiger partial charge in [-0.2, -0.15) is 0 Å². The summed E-state index contributed by atoms with van der Waals surface area (Å²) in [6.07, 6.45) is 5.64. The third-order valence-corrected chi connectivity index (χ3v) is 6.43. The highest BCUT2D eigenvalue weighted by Gasteiger charge is 2.59. The highest BCUT2D eigenvalue weighted by molar-refractivity contribution is 6.42. The number of hydrogen-bond acceptors (Lipinski definition) is 2. The van der Waals surface area contributed by atoms with Crippen molar-refractivity contribution < 1.29 is 4.79 Å². The van der Waals surface area contributed by atoms with E-state index in [1.54, 1.807) is 0 Å². The Hall–Kier alpha value is -0.480. The van der Waals surface area contributed by atoms with E-state index in [9.17, 15) is 4.79 Å². The van der Waals surface area contributed by atoms with Gasteiger partial charge < -0.3 is 10.2 Å². The molecule has 2 aliphatic carbocycles. The number of amides is 1. The summed E-state index contributed by atoms with van der Waals surface area (Å²) >= 11 is 12.1. The van der Waals surface area contributed by atoms with E-state index in [1.165, 1.54) is 0 Å². The number of hydrogen-bond donors (Lipinski definition) is 1. The molecule has 1 saturated heterocycles. The maximum absolute atomic E-state index is 13.1. The number of carbonyl (C=O) groups is 1. The Balaban J connectivity index is 0.00000169. The summed E-state index contributed by atoms with van der Waals surface area (Å²) in [6.45, 7) is 2.77. The molecule has 1 amide bonds. The molecule has 3 fully saturated rings.